The minimum absolute atomic E-state index is 0.0379. The van der Waals surface area contributed by atoms with Gasteiger partial charge in [0.25, 0.3) is 5.88 Å². The Labute approximate surface area is 117 Å². The van der Waals surface area contributed by atoms with Crippen LogP contribution in [0.2, 0.25) is 0 Å². The number of ether oxygens (including phenoxy) is 1. The molecule has 0 aliphatic heterocycles. The molecule has 0 radical (unpaired) electrons. The number of carboxylic acids is 1. The molecule has 19 heavy (non-hydrogen) atoms. The molecule has 1 heterocycles. The number of hydrogen-bond donors (Lipinski definition) is 1. The number of benzene rings is 1. The molecule has 1 aromatic carbocycles. The molecular weight excluding hydrogens is 317 g/mol. The van der Waals surface area contributed by atoms with Crippen molar-refractivity contribution in [3.05, 3.63) is 51.9 Å². The van der Waals surface area contributed by atoms with Gasteiger partial charge in [-0.1, -0.05) is 12.1 Å². The van der Waals surface area contributed by atoms with Gasteiger partial charge in [0, 0.05) is 10.7 Å². The van der Waals surface area contributed by atoms with E-state index in [1.807, 2.05) is 0 Å². The van der Waals surface area contributed by atoms with Gasteiger partial charge in [-0.15, -0.1) is 0 Å². The lowest BCUT2D eigenvalue weighted by atomic mass is 10.1. The molecule has 0 fully saturated rings. The van der Waals surface area contributed by atoms with Crippen LogP contribution in [0.1, 0.15) is 15.9 Å². The summed E-state index contributed by atoms with van der Waals surface area (Å²) in [6.45, 7) is 1.68. The number of rotatable bonds is 3. The third-order valence-corrected chi connectivity index (χ3v) is 2.85. The van der Waals surface area contributed by atoms with E-state index in [0.717, 1.165) is 0 Å². The Morgan fingerprint density at radius 2 is 2.21 bits per heavy atom. The zero-order valence-corrected chi connectivity index (χ0v) is 11.4. The average Bonchev–Trinajstić information content (AvgIpc) is 2.34. The van der Waals surface area contributed by atoms with Crippen LogP contribution in [0.25, 0.3) is 0 Å². The lowest BCUT2D eigenvalue weighted by molar-refractivity contribution is 0.0693. The van der Waals surface area contributed by atoms with E-state index in [1.54, 1.807) is 19.1 Å². The van der Waals surface area contributed by atoms with E-state index in [2.05, 4.69) is 20.9 Å². The summed E-state index contributed by atoms with van der Waals surface area (Å²) >= 11 is 3.08. The fourth-order valence-corrected chi connectivity index (χ4v) is 1.83. The maximum absolute atomic E-state index is 13.6. The number of hydrogen-bond acceptors (Lipinski definition) is 3. The SMILES string of the molecule is Cc1cccc(C(=O)O)c1Oc1ncc(Br)cc1F. The van der Waals surface area contributed by atoms with Crippen LogP contribution >= 0.6 is 15.9 Å². The second-order valence-electron chi connectivity index (χ2n) is 3.80. The van der Waals surface area contributed by atoms with Gasteiger partial charge in [-0.3, -0.25) is 0 Å². The van der Waals surface area contributed by atoms with Crippen LogP contribution in [0.15, 0.2) is 34.9 Å². The largest absolute Gasteiger partial charge is 0.478 e. The topological polar surface area (TPSA) is 59.4 Å². The third kappa shape index (κ3) is 2.90. The van der Waals surface area contributed by atoms with E-state index < -0.39 is 11.8 Å². The number of aryl methyl sites for hydroxylation is 1. The molecule has 1 aromatic heterocycles. The summed E-state index contributed by atoms with van der Waals surface area (Å²) in [7, 11) is 0. The zero-order valence-electron chi connectivity index (χ0n) is 9.85. The number of halogens is 2. The van der Waals surface area contributed by atoms with E-state index in [1.165, 1.54) is 18.3 Å². The third-order valence-electron chi connectivity index (χ3n) is 2.42. The molecule has 98 valence electrons. The second-order valence-corrected chi connectivity index (χ2v) is 4.71. The maximum atomic E-state index is 13.6. The lowest BCUT2D eigenvalue weighted by Crippen LogP contribution is -2.03. The summed E-state index contributed by atoms with van der Waals surface area (Å²) < 4.78 is 19.4. The van der Waals surface area contributed by atoms with Gasteiger partial charge in [-0.25, -0.2) is 14.2 Å². The highest BCUT2D eigenvalue weighted by atomic mass is 79.9. The average molecular weight is 326 g/mol. The molecule has 4 nitrogen and oxygen atoms in total. The molecule has 0 aliphatic carbocycles. The molecule has 2 rings (SSSR count). The quantitative estimate of drug-likeness (QED) is 0.932. The number of nitrogens with zero attached hydrogens (tertiary/aromatic N) is 1. The van der Waals surface area contributed by atoms with E-state index >= 15 is 0 Å². The number of aromatic carboxylic acids is 1. The molecule has 2 aromatic rings. The van der Waals surface area contributed by atoms with Gasteiger partial charge in [0.15, 0.2) is 5.82 Å². The van der Waals surface area contributed by atoms with Crippen molar-refractivity contribution in [1.82, 2.24) is 4.98 Å². The lowest BCUT2D eigenvalue weighted by Gasteiger charge is -2.11. The van der Waals surface area contributed by atoms with Gasteiger partial charge in [0.1, 0.15) is 11.3 Å². The molecule has 6 heteroatoms. The van der Waals surface area contributed by atoms with Crippen molar-refractivity contribution >= 4 is 21.9 Å². The van der Waals surface area contributed by atoms with Crippen molar-refractivity contribution in [3.8, 4) is 11.6 Å². The molecule has 0 saturated heterocycles. The molecule has 1 N–H and O–H groups in total. The van der Waals surface area contributed by atoms with Crippen LogP contribution in [-0.2, 0) is 0 Å². The predicted octanol–water partition coefficient (Wildman–Crippen LogP) is 3.78. The van der Waals surface area contributed by atoms with Gasteiger partial charge in [-0.05, 0) is 40.5 Å². The smallest absolute Gasteiger partial charge is 0.339 e. The normalized spacial score (nSPS) is 10.3. The van der Waals surface area contributed by atoms with Crippen LogP contribution in [0.4, 0.5) is 4.39 Å². The van der Waals surface area contributed by atoms with E-state index in [0.29, 0.717) is 10.0 Å². The summed E-state index contributed by atoms with van der Waals surface area (Å²) in [6.07, 6.45) is 1.37. The highest BCUT2D eigenvalue weighted by Crippen LogP contribution is 2.30. The predicted molar refractivity (Wildman–Crippen MR) is 70.1 cm³/mol. The first-order valence-electron chi connectivity index (χ1n) is 5.31. The zero-order chi connectivity index (χ0) is 14.0. The standard InChI is InChI=1S/C13H9BrFNO3/c1-7-3-2-4-9(13(17)18)11(7)19-12-10(15)5-8(14)6-16-12/h2-6H,1H3,(H,17,18). The van der Waals surface area contributed by atoms with Crippen LogP contribution in [0, 0.1) is 12.7 Å². The van der Waals surface area contributed by atoms with E-state index in [9.17, 15) is 9.18 Å². The monoisotopic (exact) mass is 325 g/mol. The summed E-state index contributed by atoms with van der Waals surface area (Å²) in [5.74, 6) is -1.99. The van der Waals surface area contributed by atoms with Crippen molar-refractivity contribution in [1.29, 1.82) is 0 Å². The van der Waals surface area contributed by atoms with Gasteiger partial charge in [-0.2, -0.15) is 0 Å². The van der Waals surface area contributed by atoms with Crippen LogP contribution < -0.4 is 4.74 Å². The van der Waals surface area contributed by atoms with Crippen molar-refractivity contribution in [2.75, 3.05) is 0 Å². The van der Waals surface area contributed by atoms with Gasteiger partial charge in [0.05, 0.1) is 0 Å². The van der Waals surface area contributed by atoms with Crippen molar-refractivity contribution < 1.29 is 19.0 Å². The molecule has 0 bridgehead atoms. The highest BCUT2D eigenvalue weighted by molar-refractivity contribution is 9.10. The Kier molecular flexibility index (Phi) is 3.80. The van der Waals surface area contributed by atoms with Gasteiger partial charge < -0.3 is 9.84 Å². The molecule has 0 saturated carbocycles. The minimum atomic E-state index is -1.14. The summed E-state index contributed by atoms with van der Waals surface area (Å²) in [5.41, 5.74) is 0.549. The Morgan fingerprint density at radius 3 is 2.84 bits per heavy atom. The fraction of sp³-hybridized carbons (Fsp3) is 0.0769. The summed E-state index contributed by atoms with van der Waals surface area (Å²) in [6, 6.07) is 5.86. The molecule has 0 atom stereocenters. The van der Waals surface area contributed by atoms with Gasteiger partial charge in [0.2, 0.25) is 0 Å². The van der Waals surface area contributed by atoms with Crippen LogP contribution in [0.3, 0.4) is 0 Å². The van der Waals surface area contributed by atoms with Gasteiger partial charge >= 0.3 is 5.97 Å². The Hall–Kier alpha value is -1.95. The maximum Gasteiger partial charge on any atom is 0.339 e. The second kappa shape index (κ2) is 5.36. The number of carboxylic acid groups (broad SMARTS) is 1. The summed E-state index contributed by atoms with van der Waals surface area (Å²) in [5, 5.41) is 9.08. The molecule has 0 amide bonds. The minimum Gasteiger partial charge on any atom is -0.478 e. The number of carbonyl (C=O) groups is 1. The first-order chi connectivity index (χ1) is 8.99. The first kappa shape index (κ1) is 13.5. The van der Waals surface area contributed by atoms with E-state index in [4.69, 9.17) is 9.84 Å². The number of pyridine rings is 1. The number of para-hydroxylation sites is 1. The van der Waals surface area contributed by atoms with E-state index in [-0.39, 0.29) is 17.2 Å². The van der Waals surface area contributed by atoms with Crippen molar-refractivity contribution in [2.45, 2.75) is 6.92 Å². The fourth-order valence-electron chi connectivity index (χ4n) is 1.53. The van der Waals surface area contributed by atoms with Crippen molar-refractivity contribution in [2.24, 2.45) is 0 Å². The molecule has 0 unspecified atom stereocenters. The van der Waals surface area contributed by atoms with Crippen LogP contribution in [-0.4, -0.2) is 16.1 Å². The Morgan fingerprint density at radius 1 is 1.47 bits per heavy atom. The van der Waals surface area contributed by atoms with Crippen LogP contribution in [0.5, 0.6) is 11.6 Å². The highest BCUT2D eigenvalue weighted by Gasteiger charge is 2.16. The molecule has 0 aliphatic rings. The first-order valence-corrected chi connectivity index (χ1v) is 6.10. The Bertz CT molecular complexity index is 646. The number of aromatic nitrogens is 1. The molecular formula is C13H9BrFNO3. The summed E-state index contributed by atoms with van der Waals surface area (Å²) in [4.78, 5) is 14.9. The Balaban J connectivity index is 2.46. The van der Waals surface area contributed by atoms with Crippen molar-refractivity contribution in [3.63, 3.8) is 0 Å². The molecule has 0 spiro atoms.